The second-order valence-electron chi connectivity index (χ2n) is 5.30. The van der Waals surface area contributed by atoms with Crippen LogP contribution in [0.1, 0.15) is 22.3 Å². The van der Waals surface area contributed by atoms with Gasteiger partial charge in [0.2, 0.25) is 0 Å². The van der Waals surface area contributed by atoms with E-state index in [9.17, 15) is 0 Å². The predicted octanol–water partition coefficient (Wildman–Crippen LogP) is 5.05. The monoisotopic (exact) mass is 246 g/mol. The standard InChI is InChI=1S/C19H18/c1-14-10-15(2)19-9-8-17(13-18(19)11-14)12-16-6-4-3-5-7-16/h3-11,13H,12H2,1-2H3. The van der Waals surface area contributed by atoms with Crippen molar-refractivity contribution in [3.63, 3.8) is 0 Å². The molecule has 0 heterocycles. The van der Waals surface area contributed by atoms with E-state index in [1.54, 1.807) is 0 Å². The lowest BCUT2D eigenvalue weighted by Crippen LogP contribution is -1.89. The Morgan fingerprint density at radius 1 is 0.737 bits per heavy atom. The molecule has 0 heteroatoms. The normalized spacial score (nSPS) is 10.8. The van der Waals surface area contributed by atoms with Crippen LogP contribution in [0.15, 0.2) is 60.7 Å². The van der Waals surface area contributed by atoms with E-state index in [0.29, 0.717) is 0 Å². The molecule has 0 amide bonds. The summed E-state index contributed by atoms with van der Waals surface area (Å²) in [7, 11) is 0. The number of fused-ring (bicyclic) bond motifs is 1. The molecule has 0 aromatic heterocycles. The molecule has 0 nitrogen and oxygen atoms in total. The van der Waals surface area contributed by atoms with Gasteiger partial charge in [0.25, 0.3) is 0 Å². The molecule has 3 rings (SSSR count). The second-order valence-corrected chi connectivity index (χ2v) is 5.30. The van der Waals surface area contributed by atoms with Crippen molar-refractivity contribution >= 4 is 10.8 Å². The molecule has 0 fully saturated rings. The van der Waals surface area contributed by atoms with Crippen LogP contribution in [0.3, 0.4) is 0 Å². The van der Waals surface area contributed by atoms with E-state index in [-0.39, 0.29) is 0 Å². The van der Waals surface area contributed by atoms with Crippen molar-refractivity contribution in [1.29, 1.82) is 0 Å². The molecule has 0 N–H and O–H groups in total. The van der Waals surface area contributed by atoms with Crippen LogP contribution in [-0.4, -0.2) is 0 Å². The number of rotatable bonds is 2. The number of aryl methyl sites for hydroxylation is 2. The maximum Gasteiger partial charge on any atom is -0.00256 e. The van der Waals surface area contributed by atoms with Gasteiger partial charge in [0.15, 0.2) is 0 Å². The van der Waals surface area contributed by atoms with Crippen molar-refractivity contribution in [2.45, 2.75) is 20.3 Å². The van der Waals surface area contributed by atoms with Gasteiger partial charge in [0.1, 0.15) is 0 Å². The molecular formula is C19H18. The van der Waals surface area contributed by atoms with E-state index in [1.165, 1.54) is 33.0 Å². The fourth-order valence-electron chi connectivity index (χ4n) is 2.74. The van der Waals surface area contributed by atoms with Crippen LogP contribution in [0, 0.1) is 13.8 Å². The van der Waals surface area contributed by atoms with Gasteiger partial charge in [0.05, 0.1) is 0 Å². The Hall–Kier alpha value is -2.08. The quantitative estimate of drug-likeness (QED) is 0.593. The van der Waals surface area contributed by atoms with Crippen LogP contribution in [0.2, 0.25) is 0 Å². The minimum atomic E-state index is 1.00. The number of hydrogen-bond acceptors (Lipinski definition) is 0. The second kappa shape index (κ2) is 4.89. The summed E-state index contributed by atoms with van der Waals surface area (Å²) in [5.74, 6) is 0. The highest BCUT2D eigenvalue weighted by Gasteiger charge is 2.01. The fraction of sp³-hybridized carbons (Fsp3) is 0.158. The topological polar surface area (TPSA) is 0 Å². The van der Waals surface area contributed by atoms with Crippen LogP contribution >= 0.6 is 0 Å². The lowest BCUT2D eigenvalue weighted by molar-refractivity contribution is 1.20. The summed E-state index contributed by atoms with van der Waals surface area (Å²) >= 11 is 0. The Morgan fingerprint density at radius 3 is 2.32 bits per heavy atom. The molecule has 19 heavy (non-hydrogen) atoms. The first-order chi connectivity index (χ1) is 9.22. The Labute approximate surface area is 114 Å². The van der Waals surface area contributed by atoms with Crippen LogP contribution in [0.25, 0.3) is 10.8 Å². The van der Waals surface area contributed by atoms with E-state index < -0.39 is 0 Å². The molecule has 0 atom stereocenters. The molecule has 0 aliphatic heterocycles. The summed E-state index contributed by atoms with van der Waals surface area (Å²) in [6.45, 7) is 4.35. The SMILES string of the molecule is Cc1cc(C)c2ccc(Cc3ccccc3)cc2c1. The lowest BCUT2D eigenvalue weighted by Gasteiger charge is -2.07. The Kier molecular flexibility index (Phi) is 3.08. The summed E-state index contributed by atoms with van der Waals surface area (Å²) < 4.78 is 0. The average Bonchev–Trinajstić information content (AvgIpc) is 2.39. The molecule has 0 saturated carbocycles. The van der Waals surface area contributed by atoms with Gasteiger partial charge >= 0.3 is 0 Å². The lowest BCUT2D eigenvalue weighted by atomic mass is 9.97. The molecule has 0 bridgehead atoms. The maximum atomic E-state index is 2.32. The molecule has 0 radical (unpaired) electrons. The summed E-state index contributed by atoms with van der Waals surface area (Å²) in [6, 6.07) is 22.0. The molecule has 0 saturated heterocycles. The van der Waals surface area contributed by atoms with Gasteiger partial charge in [-0.05, 0) is 47.7 Å². The zero-order chi connectivity index (χ0) is 13.2. The molecule has 3 aromatic rings. The third-order valence-corrected chi connectivity index (χ3v) is 3.62. The average molecular weight is 246 g/mol. The van der Waals surface area contributed by atoms with Gasteiger partial charge in [0, 0.05) is 0 Å². The largest absolute Gasteiger partial charge is 0.0622 e. The van der Waals surface area contributed by atoms with Crippen molar-refractivity contribution in [2.75, 3.05) is 0 Å². The highest BCUT2D eigenvalue weighted by atomic mass is 14.1. The fourth-order valence-corrected chi connectivity index (χ4v) is 2.74. The molecule has 0 spiro atoms. The van der Waals surface area contributed by atoms with Crippen molar-refractivity contribution in [3.8, 4) is 0 Å². The van der Waals surface area contributed by atoms with Crippen LogP contribution < -0.4 is 0 Å². The van der Waals surface area contributed by atoms with Crippen molar-refractivity contribution in [3.05, 3.63) is 82.9 Å². The Balaban J connectivity index is 2.02. The molecule has 3 aromatic carbocycles. The Morgan fingerprint density at radius 2 is 1.53 bits per heavy atom. The van der Waals surface area contributed by atoms with E-state index in [1.807, 2.05) is 0 Å². The van der Waals surface area contributed by atoms with Crippen molar-refractivity contribution < 1.29 is 0 Å². The van der Waals surface area contributed by atoms with Gasteiger partial charge in [-0.1, -0.05) is 66.2 Å². The Bertz CT molecular complexity index is 709. The molecule has 0 aliphatic rings. The van der Waals surface area contributed by atoms with E-state index in [2.05, 4.69) is 74.5 Å². The van der Waals surface area contributed by atoms with Crippen LogP contribution in [0.4, 0.5) is 0 Å². The van der Waals surface area contributed by atoms with Gasteiger partial charge < -0.3 is 0 Å². The van der Waals surface area contributed by atoms with Crippen LogP contribution in [0.5, 0.6) is 0 Å². The molecule has 94 valence electrons. The summed E-state index contributed by atoms with van der Waals surface area (Å²) in [4.78, 5) is 0. The third kappa shape index (κ3) is 2.53. The number of hydrogen-bond donors (Lipinski definition) is 0. The first-order valence-electron chi connectivity index (χ1n) is 6.76. The van der Waals surface area contributed by atoms with E-state index in [4.69, 9.17) is 0 Å². The van der Waals surface area contributed by atoms with Gasteiger partial charge in [-0.15, -0.1) is 0 Å². The molecule has 0 unspecified atom stereocenters. The minimum Gasteiger partial charge on any atom is -0.0622 e. The smallest absolute Gasteiger partial charge is 0.00256 e. The molecular weight excluding hydrogens is 228 g/mol. The van der Waals surface area contributed by atoms with Gasteiger partial charge in [-0.3, -0.25) is 0 Å². The van der Waals surface area contributed by atoms with Gasteiger partial charge in [-0.2, -0.15) is 0 Å². The van der Waals surface area contributed by atoms with Crippen LogP contribution in [-0.2, 0) is 6.42 Å². The van der Waals surface area contributed by atoms with Gasteiger partial charge in [-0.25, -0.2) is 0 Å². The highest BCUT2D eigenvalue weighted by Crippen LogP contribution is 2.23. The molecule has 0 aliphatic carbocycles. The first-order valence-corrected chi connectivity index (χ1v) is 6.76. The zero-order valence-corrected chi connectivity index (χ0v) is 11.5. The maximum absolute atomic E-state index is 2.32. The summed E-state index contributed by atoms with van der Waals surface area (Å²) in [5.41, 5.74) is 5.44. The predicted molar refractivity (Wildman–Crippen MR) is 82.7 cm³/mol. The minimum absolute atomic E-state index is 1.00. The zero-order valence-electron chi connectivity index (χ0n) is 11.5. The summed E-state index contributed by atoms with van der Waals surface area (Å²) in [5, 5.41) is 2.72. The third-order valence-electron chi connectivity index (χ3n) is 3.62. The highest BCUT2D eigenvalue weighted by molar-refractivity contribution is 5.87. The van der Waals surface area contributed by atoms with Crippen molar-refractivity contribution in [1.82, 2.24) is 0 Å². The van der Waals surface area contributed by atoms with E-state index >= 15 is 0 Å². The summed E-state index contributed by atoms with van der Waals surface area (Å²) in [6.07, 6.45) is 1.00. The number of benzene rings is 3. The van der Waals surface area contributed by atoms with E-state index in [0.717, 1.165) is 6.42 Å². The van der Waals surface area contributed by atoms with Crippen molar-refractivity contribution in [2.24, 2.45) is 0 Å². The first kappa shape index (κ1) is 12.0.